The number of carbonyl (C=O) groups is 1. The third-order valence-corrected chi connectivity index (χ3v) is 4.58. The van der Waals surface area contributed by atoms with Crippen LogP contribution < -0.4 is 0 Å². The van der Waals surface area contributed by atoms with E-state index in [0.29, 0.717) is 13.0 Å². The van der Waals surface area contributed by atoms with Gasteiger partial charge in [0.25, 0.3) is 0 Å². The normalized spacial score (nSPS) is 16.5. The van der Waals surface area contributed by atoms with Crippen LogP contribution in [0.15, 0.2) is 17.5 Å². The Morgan fingerprint density at radius 1 is 1.61 bits per heavy atom. The number of nitrogens with zero attached hydrogens (tertiary/aromatic N) is 1. The van der Waals surface area contributed by atoms with Crippen molar-refractivity contribution in [1.82, 2.24) is 4.90 Å². The maximum absolute atomic E-state index is 11.4. The molecule has 1 aromatic heterocycles. The van der Waals surface area contributed by atoms with Gasteiger partial charge in [-0.15, -0.1) is 11.3 Å². The van der Waals surface area contributed by atoms with Crippen LogP contribution in [0.3, 0.4) is 0 Å². The van der Waals surface area contributed by atoms with Gasteiger partial charge in [0.2, 0.25) is 0 Å². The largest absolute Gasteiger partial charge is 0.481 e. The Morgan fingerprint density at radius 2 is 2.28 bits per heavy atom. The molecule has 0 amide bonds. The second-order valence-corrected chi connectivity index (χ2v) is 6.20. The molecular weight excluding hydrogens is 246 g/mol. The molecule has 0 saturated carbocycles. The number of hydrogen-bond donors (Lipinski definition) is 1. The van der Waals surface area contributed by atoms with Gasteiger partial charge in [-0.25, -0.2) is 0 Å². The van der Waals surface area contributed by atoms with Crippen molar-refractivity contribution < 1.29 is 9.90 Å². The number of aliphatic carboxylic acids is 1. The van der Waals surface area contributed by atoms with Gasteiger partial charge < -0.3 is 5.11 Å². The van der Waals surface area contributed by atoms with E-state index in [0.717, 1.165) is 6.42 Å². The predicted octanol–water partition coefficient (Wildman–Crippen LogP) is 3.63. The molecule has 0 spiro atoms. The van der Waals surface area contributed by atoms with E-state index in [1.54, 1.807) is 11.3 Å². The minimum absolute atomic E-state index is 0.264. The summed E-state index contributed by atoms with van der Waals surface area (Å²) in [5.41, 5.74) is -0.658. The summed E-state index contributed by atoms with van der Waals surface area (Å²) < 4.78 is 0. The van der Waals surface area contributed by atoms with Crippen molar-refractivity contribution in [3.05, 3.63) is 22.4 Å². The highest BCUT2D eigenvalue weighted by molar-refractivity contribution is 7.10. The average molecular weight is 269 g/mol. The smallest absolute Gasteiger partial charge is 0.310 e. The van der Waals surface area contributed by atoms with Crippen LogP contribution in [0.1, 0.15) is 44.5 Å². The summed E-state index contributed by atoms with van der Waals surface area (Å²) in [4.78, 5) is 14.8. The predicted molar refractivity (Wildman–Crippen MR) is 76.0 cm³/mol. The molecule has 0 aliphatic carbocycles. The zero-order valence-electron chi connectivity index (χ0n) is 11.6. The van der Waals surface area contributed by atoms with Crippen molar-refractivity contribution in [2.24, 2.45) is 5.41 Å². The van der Waals surface area contributed by atoms with Gasteiger partial charge in [0.1, 0.15) is 0 Å². The first-order valence-corrected chi connectivity index (χ1v) is 7.25. The zero-order valence-corrected chi connectivity index (χ0v) is 12.5. The molecule has 2 unspecified atom stereocenters. The molecular formula is C14H23NO2S. The monoisotopic (exact) mass is 269 g/mol. The SMILES string of the molecule is CCCC(C)(CN(C)C(C)c1cccs1)C(=O)O. The summed E-state index contributed by atoms with van der Waals surface area (Å²) in [5, 5.41) is 11.5. The lowest BCUT2D eigenvalue weighted by molar-refractivity contribution is -0.149. The molecule has 0 aliphatic heterocycles. The molecule has 1 rings (SSSR count). The summed E-state index contributed by atoms with van der Waals surface area (Å²) in [6.07, 6.45) is 1.61. The number of carboxylic acids is 1. The second-order valence-electron chi connectivity index (χ2n) is 5.22. The van der Waals surface area contributed by atoms with Crippen molar-refractivity contribution in [1.29, 1.82) is 0 Å². The molecule has 102 valence electrons. The first-order valence-electron chi connectivity index (χ1n) is 6.37. The van der Waals surface area contributed by atoms with Crippen LogP contribution >= 0.6 is 11.3 Å². The number of rotatable bonds is 7. The van der Waals surface area contributed by atoms with Crippen molar-refractivity contribution in [2.75, 3.05) is 13.6 Å². The summed E-state index contributed by atoms with van der Waals surface area (Å²) in [5.74, 6) is -0.699. The van der Waals surface area contributed by atoms with E-state index in [1.165, 1.54) is 4.88 Å². The molecule has 0 bridgehead atoms. The fraction of sp³-hybridized carbons (Fsp3) is 0.643. The number of hydrogen-bond acceptors (Lipinski definition) is 3. The van der Waals surface area contributed by atoms with Gasteiger partial charge >= 0.3 is 5.97 Å². The third-order valence-electron chi connectivity index (χ3n) is 3.53. The zero-order chi connectivity index (χ0) is 13.8. The Bertz CT molecular complexity index is 377. The molecule has 0 fully saturated rings. The maximum atomic E-state index is 11.4. The molecule has 1 heterocycles. The minimum Gasteiger partial charge on any atom is -0.481 e. The lowest BCUT2D eigenvalue weighted by Gasteiger charge is -2.33. The lowest BCUT2D eigenvalue weighted by Crippen LogP contribution is -2.40. The average Bonchev–Trinajstić information content (AvgIpc) is 2.81. The van der Waals surface area contributed by atoms with E-state index >= 15 is 0 Å². The highest BCUT2D eigenvalue weighted by atomic mass is 32.1. The summed E-state index contributed by atoms with van der Waals surface area (Å²) in [7, 11) is 2.00. The van der Waals surface area contributed by atoms with Gasteiger partial charge in [-0.05, 0) is 38.8 Å². The highest BCUT2D eigenvalue weighted by Gasteiger charge is 2.34. The maximum Gasteiger partial charge on any atom is 0.310 e. The molecule has 1 aromatic rings. The quantitative estimate of drug-likeness (QED) is 0.821. The molecule has 1 N–H and O–H groups in total. The number of thiophene rings is 1. The lowest BCUT2D eigenvalue weighted by atomic mass is 9.85. The van der Waals surface area contributed by atoms with Crippen LogP contribution in [0.25, 0.3) is 0 Å². The van der Waals surface area contributed by atoms with E-state index in [1.807, 2.05) is 27.0 Å². The molecule has 4 heteroatoms. The molecule has 0 saturated heterocycles. The van der Waals surface area contributed by atoms with Crippen LogP contribution in [-0.4, -0.2) is 29.6 Å². The van der Waals surface area contributed by atoms with E-state index < -0.39 is 11.4 Å². The Labute approximate surface area is 113 Å². The van der Waals surface area contributed by atoms with Gasteiger partial charge in [-0.1, -0.05) is 19.4 Å². The number of carboxylic acid groups (broad SMARTS) is 1. The van der Waals surface area contributed by atoms with Gasteiger partial charge in [0.15, 0.2) is 0 Å². The van der Waals surface area contributed by atoms with Crippen molar-refractivity contribution in [2.45, 2.75) is 39.7 Å². The first-order chi connectivity index (χ1) is 8.40. The topological polar surface area (TPSA) is 40.5 Å². The van der Waals surface area contributed by atoms with E-state index in [4.69, 9.17) is 0 Å². The van der Waals surface area contributed by atoms with Crippen molar-refractivity contribution in [3.8, 4) is 0 Å². The first kappa shape index (κ1) is 15.2. The third kappa shape index (κ3) is 3.56. The van der Waals surface area contributed by atoms with Gasteiger partial charge in [-0.2, -0.15) is 0 Å². The van der Waals surface area contributed by atoms with E-state index in [2.05, 4.69) is 23.3 Å². The van der Waals surface area contributed by atoms with Crippen LogP contribution in [0.2, 0.25) is 0 Å². The van der Waals surface area contributed by atoms with Crippen LogP contribution in [-0.2, 0) is 4.79 Å². The summed E-state index contributed by atoms with van der Waals surface area (Å²) in [6, 6.07) is 4.40. The minimum atomic E-state index is -0.699. The molecule has 0 radical (unpaired) electrons. The summed E-state index contributed by atoms with van der Waals surface area (Å²) in [6.45, 7) is 6.58. The second kappa shape index (κ2) is 6.34. The Balaban J connectivity index is 2.72. The molecule has 0 aliphatic rings. The van der Waals surface area contributed by atoms with Crippen LogP contribution in [0.4, 0.5) is 0 Å². The van der Waals surface area contributed by atoms with Gasteiger partial charge in [0.05, 0.1) is 5.41 Å². The Morgan fingerprint density at radius 3 is 2.72 bits per heavy atom. The van der Waals surface area contributed by atoms with Crippen molar-refractivity contribution in [3.63, 3.8) is 0 Å². The van der Waals surface area contributed by atoms with Gasteiger partial charge in [-0.3, -0.25) is 9.69 Å². The molecule has 18 heavy (non-hydrogen) atoms. The standard InChI is InChI=1S/C14H23NO2S/c1-5-8-14(3,13(16)17)10-15(4)11(2)12-7-6-9-18-12/h6-7,9,11H,5,8,10H2,1-4H3,(H,16,17). The Kier molecular flexibility index (Phi) is 5.35. The fourth-order valence-corrected chi connectivity index (χ4v) is 3.09. The van der Waals surface area contributed by atoms with E-state index in [9.17, 15) is 9.90 Å². The van der Waals surface area contributed by atoms with Crippen molar-refractivity contribution >= 4 is 17.3 Å². The molecule has 3 nitrogen and oxygen atoms in total. The molecule has 2 atom stereocenters. The Hall–Kier alpha value is -0.870. The van der Waals surface area contributed by atoms with E-state index in [-0.39, 0.29) is 6.04 Å². The highest BCUT2D eigenvalue weighted by Crippen LogP contribution is 2.30. The fourth-order valence-electron chi connectivity index (χ4n) is 2.24. The van der Waals surface area contributed by atoms with Gasteiger partial charge in [0, 0.05) is 17.5 Å². The molecule has 0 aromatic carbocycles. The van der Waals surface area contributed by atoms with Crippen LogP contribution in [0.5, 0.6) is 0 Å². The summed E-state index contributed by atoms with van der Waals surface area (Å²) >= 11 is 1.72. The van der Waals surface area contributed by atoms with Crippen LogP contribution in [0, 0.1) is 5.41 Å².